The third-order valence-electron chi connectivity index (χ3n) is 2.58. The molecule has 0 saturated carbocycles. The lowest BCUT2D eigenvalue weighted by Crippen LogP contribution is -2.38. The van der Waals surface area contributed by atoms with Crippen LogP contribution in [0.15, 0.2) is 0 Å². The van der Waals surface area contributed by atoms with Crippen LogP contribution in [-0.2, 0) is 0 Å². The first-order valence-electron chi connectivity index (χ1n) is 4.75. The van der Waals surface area contributed by atoms with Crippen molar-refractivity contribution in [3.63, 3.8) is 0 Å². The van der Waals surface area contributed by atoms with Crippen LogP contribution in [0.3, 0.4) is 0 Å². The number of urea groups is 1. The molecule has 0 spiro atoms. The van der Waals surface area contributed by atoms with Gasteiger partial charge in [-0.05, 0) is 25.9 Å². The Bertz CT molecular complexity index is 184. The second-order valence-corrected chi connectivity index (χ2v) is 3.85. The summed E-state index contributed by atoms with van der Waals surface area (Å²) in [5.41, 5.74) is 0. The van der Waals surface area contributed by atoms with Crippen LogP contribution in [0, 0.1) is 5.92 Å². The van der Waals surface area contributed by atoms with E-state index in [0.29, 0.717) is 5.92 Å². The van der Waals surface area contributed by atoms with Crippen molar-refractivity contribution in [2.75, 3.05) is 40.8 Å². The fourth-order valence-electron chi connectivity index (χ4n) is 1.84. The van der Waals surface area contributed by atoms with Gasteiger partial charge in [-0.2, -0.15) is 0 Å². The fourth-order valence-corrected chi connectivity index (χ4v) is 1.84. The number of rotatable bonds is 2. The van der Waals surface area contributed by atoms with E-state index >= 15 is 0 Å². The molecule has 1 heterocycles. The third-order valence-corrected chi connectivity index (χ3v) is 2.58. The summed E-state index contributed by atoms with van der Waals surface area (Å²) in [5, 5.41) is 2.62. The molecule has 4 nitrogen and oxygen atoms in total. The molecule has 13 heavy (non-hydrogen) atoms. The lowest BCUT2D eigenvalue weighted by atomic mass is 10.1. The van der Waals surface area contributed by atoms with E-state index in [2.05, 4.69) is 17.3 Å². The second kappa shape index (κ2) is 4.46. The standard InChI is InChI=1S/C9H19N3O/c1-10-9(13)12(3)7-8-4-5-11(2)6-8/h8H,4-7H2,1-3H3,(H,10,13). The largest absolute Gasteiger partial charge is 0.341 e. The minimum Gasteiger partial charge on any atom is -0.341 e. The van der Waals surface area contributed by atoms with Crippen molar-refractivity contribution in [2.45, 2.75) is 6.42 Å². The number of amides is 2. The zero-order chi connectivity index (χ0) is 9.84. The Morgan fingerprint density at radius 3 is 2.85 bits per heavy atom. The predicted molar refractivity (Wildman–Crippen MR) is 52.7 cm³/mol. The topological polar surface area (TPSA) is 35.6 Å². The van der Waals surface area contributed by atoms with Crippen molar-refractivity contribution in [3.05, 3.63) is 0 Å². The van der Waals surface area contributed by atoms with Crippen molar-refractivity contribution >= 4 is 6.03 Å². The molecule has 2 amide bonds. The highest BCUT2D eigenvalue weighted by molar-refractivity contribution is 5.73. The molecule has 0 aromatic rings. The van der Waals surface area contributed by atoms with Crippen LogP contribution in [-0.4, -0.2) is 56.6 Å². The molecular weight excluding hydrogens is 166 g/mol. The van der Waals surface area contributed by atoms with Crippen molar-refractivity contribution < 1.29 is 4.79 Å². The van der Waals surface area contributed by atoms with Crippen molar-refractivity contribution in [1.82, 2.24) is 15.1 Å². The number of hydrogen-bond donors (Lipinski definition) is 1. The first-order valence-corrected chi connectivity index (χ1v) is 4.75. The van der Waals surface area contributed by atoms with Gasteiger partial charge in [0.1, 0.15) is 0 Å². The Morgan fingerprint density at radius 1 is 1.69 bits per heavy atom. The molecule has 1 fully saturated rings. The maximum Gasteiger partial charge on any atom is 0.316 e. The zero-order valence-electron chi connectivity index (χ0n) is 8.71. The molecule has 0 aliphatic carbocycles. The molecule has 0 bridgehead atoms. The van der Waals surface area contributed by atoms with Crippen LogP contribution in [0.25, 0.3) is 0 Å². The van der Waals surface area contributed by atoms with Gasteiger partial charge in [0.25, 0.3) is 0 Å². The minimum absolute atomic E-state index is 0.00885. The summed E-state index contributed by atoms with van der Waals surface area (Å²) >= 11 is 0. The number of carbonyl (C=O) groups excluding carboxylic acids is 1. The molecule has 1 unspecified atom stereocenters. The van der Waals surface area contributed by atoms with E-state index in [4.69, 9.17) is 0 Å². The molecule has 0 aromatic carbocycles. The van der Waals surface area contributed by atoms with Crippen LogP contribution in [0.1, 0.15) is 6.42 Å². The van der Waals surface area contributed by atoms with Gasteiger partial charge < -0.3 is 15.1 Å². The fraction of sp³-hybridized carbons (Fsp3) is 0.889. The summed E-state index contributed by atoms with van der Waals surface area (Å²) in [6.45, 7) is 3.14. The van der Waals surface area contributed by atoms with Gasteiger partial charge in [-0.25, -0.2) is 4.79 Å². The average Bonchev–Trinajstić information content (AvgIpc) is 2.49. The quantitative estimate of drug-likeness (QED) is 0.667. The Morgan fingerprint density at radius 2 is 2.38 bits per heavy atom. The molecule has 0 radical (unpaired) electrons. The van der Waals surface area contributed by atoms with Gasteiger partial charge in [0.05, 0.1) is 0 Å². The summed E-state index contributed by atoms with van der Waals surface area (Å²) < 4.78 is 0. The Hall–Kier alpha value is -0.770. The Labute approximate surface area is 79.9 Å². The maximum atomic E-state index is 11.2. The molecule has 1 atom stereocenters. The Balaban J connectivity index is 2.28. The van der Waals surface area contributed by atoms with E-state index < -0.39 is 0 Å². The van der Waals surface area contributed by atoms with Gasteiger partial charge in [-0.15, -0.1) is 0 Å². The normalized spacial score (nSPS) is 23.2. The highest BCUT2D eigenvalue weighted by Gasteiger charge is 2.21. The van der Waals surface area contributed by atoms with E-state index in [9.17, 15) is 4.79 Å². The molecule has 1 aliphatic heterocycles. The first kappa shape index (κ1) is 10.3. The van der Waals surface area contributed by atoms with Gasteiger partial charge >= 0.3 is 6.03 Å². The summed E-state index contributed by atoms with van der Waals surface area (Å²) in [4.78, 5) is 15.2. The number of nitrogens with zero attached hydrogens (tertiary/aromatic N) is 2. The summed E-state index contributed by atoms with van der Waals surface area (Å²) in [6, 6.07) is 0.00885. The van der Waals surface area contributed by atoms with Crippen molar-refractivity contribution in [3.8, 4) is 0 Å². The molecule has 1 rings (SSSR count). The monoisotopic (exact) mass is 185 g/mol. The van der Waals surface area contributed by atoms with Crippen LogP contribution in [0.4, 0.5) is 4.79 Å². The van der Waals surface area contributed by atoms with E-state index in [1.165, 1.54) is 6.42 Å². The molecule has 1 saturated heterocycles. The van der Waals surface area contributed by atoms with Crippen molar-refractivity contribution in [2.24, 2.45) is 5.92 Å². The molecule has 1 aliphatic rings. The summed E-state index contributed by atoms with van der Waals surface area (Å²) in [6.07, 6.45) is 1.21. The maximum absolute atomic E-state index is 11.2. The lowest BCUT2D eigenvalue weighted by molar-refractivity contribution is 0.203. The summed E-state index contributed by atoms with van der Waals surface area (Å²) in [5.74, 6) is 0.646. The van der Waals surface area contributed by atoms with E-state index in [0.717, 1.165) is 19.6 Å². The van der Waals surface area contributed by atoms with Gasteiger partial charge in [0.2, 0.25) is 0 Å². The number of carbonyl (C=O) groups is 1. The van der Waals surface area contributed by atoms with Gasteiger partial charge in [-0.3, -0.25) is 0 Å². The smallest absolute Gasteiger partial charge is 0.316 e. The van der Waals surface area contributed by atoms with E-state index in [-0.39, 0.29) is 6.03 Å². The SMILES string of the molecule is CNC(=O)N(C)CC1CCN(C)C1. The molecule has 1 N–H and O–H groups in total. The molecule has 76 valence electrons. The average molecular weight is 185 g/mol. The second-order valence-electron chi connectivity index (χ2n) is 3.85. The van der Waals surface area contributed by atoms with Crippen LogP contribution in [0.5, 0.6) is 0 Å². The highest BCUT2D eigenvalue weighted by Crippen LogP contribution is 2.14. The van der Waals surface area contributed by atoms with Gasteiger partial charge in [0, 0.05) is 27.2 Å². The van der Waals surface area contributed by atoms with Gasteiger partial charge in [0.15, 0.2) is 0 Å². The molecule has 4 heteroatoms. The molecular formula is C9H19N3O. The van der Waals surface area contributed by atoms with E-state index in [1.54, 1.807) is 11.9 Å². The van der Waals surface area contributed by atoms with E-state index in [1.807, 2.05) is 7.05 Å². The Kier molecular flexibility index (Phi) is 3.54. The number of nitrogens with one attached hydrogen (secondary N) is 1. The van der Waals surface area contributed by atoms with Crippen LogP contribution < -0.4 is 5.32 Å². The number of hydrogen-bond acceptors (Lipinski definition) is 2. The van der Waals surface area contributed by atoms with Crippen molar-refractivity contribution in [1.29, 1.82) is 0 Å². The predicted octanol–water partition coefficient (Wildman–Crippen LogP) is 0.209. The first-order chi connectivity index (χ1) is 6.13. The van der Waals surface area contributed by atoms with Crippen LogP contribution >= 0.6 is 0 Å². The highest BCUT2D eigenvalue weighted by atomic mass is 16.2. The zero-order valence-corrected chi connectivity index (χ0v) is 8.71. The van der Waals surface area contributed by atoms with Crippen LogP contribution in [0.2, 0.25) is 0 Å². The third kappa shape index (κ3) is 2.88. The number of likely N-dealkylation sites (tertiary alicyclic amines) is 1. The lowest BCUT2D eigenvalue weighted by Gasteiger charge is -2.20. The molecule has 0 aromatic heterocycles. The minimum atomic E-state index is 0.00885. The summed E-state index contributed by atoms with van der Waals surface area (Å²) in [7, 11) is 5.64. The van der Waals surface area contributed by atoms with Gasteiger partial charge in [-0.1, -0.05) is 0 Å².